The number of amides is 2. The number of anilines is 2. The molecular formula is C28H21Cl2N3O3. The third-order valence-corrected chi connectivity index (χ3v) is 9.04. The Hall–Kier alpha value is -3.19. The first kappa shape index (κ1) is 22.0. The Labute approximate surface area is 217 Å². The second-order valence-electron chi connectivity index (χ2n) is 9.91. The molecule has 3 aromatic rings. The van der Waals surface area contributed by atoms with Gasteiger partial charge in [-0.1, -0.05) is 59.6 Å². The Kier molecular flexibility index (Phi) is 4.54. The summed E-state index contributed by atoms with van der Waals surface area (Å²) in [5, 5.41) is 6.67. The van der Waals surface area contributed by atoms with E-state index in [-0.39, 0.29) is 34.2 Å². The van der Waals surface area contributed by atoms with Gasteiger partial charge in [0.2, 0.25) is 11.8 Å². The number of benzene rings is 3. The number of carbonyl (C=O) groups excluding carboxylic acids is 3. The zero-order valence-electron chi connectivity index (χ0n) is 19.1. The number of carbonyl (C=O) groups is 3. The van der Waals surface area contributed by atoms with E-state index in [1.165, 1.54) is 6.07 Å². The molecule has 0 unspecified atom stereocenters. The fourth-order valence-electron chi connectivity index (χ4n) is 7.35. The van der Waals surface area contributed by atoms with Gasteiger partial charge in [0.15, 0.2) is 5.78 Å². The van der Waals surface area contributed by atoms with Crippen molar-refractivity contribution in [3.63, 3.8) is 0 Å². The van der Waals surface area contributed by atoms with Gasteiger partial charge < -0.3 is 10.6 Å². The van der Waals surface area contributed by atoms with E-state index in [4.69, 9.17) is 23.2 Å². The van der Waals surface area contributed by atoms with E-state index in [2.05, 4.69) is 15.5 Å². The first-order chi connectivity index (χ1) is 17.4. The predicted octanol–water partition coefficient (Wildman–Crippen LogP) is 5.01. The van der Waals surface area contributed by atoms with Crippen LogP contribution < -0.4 is 10.6 Å². The summed E-state index contributed by atoms with van der Waals surface area (Å²) in [6.45, 7) is 0.599. The fraction of sp³-hybridized carbons (Fsp3) is 0.250. The first-order valence-electron chi connectivity index (χ1n) is 12.0. The van der Waals surface area contributed by atoms with Gasteiger partial charge in [0.1, 0.15) is 11.0 Å². The van der Waals surface area contributed by atoms with Crippen LogP contribution in [0.25, 0.3) is 0 Å². The molecule has 3 aromatic carbocycles. The van der Waals surface area contributed by atoms with Crippen LogP contribution >= 0.6 is 23.2 Å². The maximum absolute atomic E-state index is 14.7. The summed E-state index contributed by atoms with van der Waals surface area (Å²) >= 11 is 12.7. The summed E-state index contributed by atoms with van der Waals surface area (Å²) in [5.74, 6) is -1.92. The molecule has 7 rings (SSSR count). The Morgan fingerprint density at radius 2 is 1.56 bits per heavy atom. The van der Waals surface area contributed by atoms with E-state index in [1.807, 2.05) is 48.5 Å². The zero-order chi connectivity index (χ0) is 24.8. The van der Waals surface area contributed by atoms with Crippen LogP contribution in [0.5, 0.6) is 0 Å². The van der Waals surface area contributed by atoms with Crippen LogP contribution in [0.15, 0.2) is 66.7 Å². The summed E-state index contributed by atoms with van der Waals surface area (Å²) in [6.07, 6.45) is 1.51. The standard InChI is InChI=1S/C28H21Cl2N3O3/c29-15-11-12-16(19(30)14-15)23(34)24-27(17-6-1-3-8-20(17)31-25(27)35)22-10-5-13-33(22)28(24)18-7-2-4-9-21(18)32-26(28)36/h1-4,6-9,11-12,14,22,24H,5,10,13H2,(H,31,35)(H,32,36)/t22-,24+,27+,28-/m0/s1. The smallest absolute Gasteiger partial charge is 0.250 e. The lowest BCUT2D eigenvalue weighted by Gasteiger charge is -2.38. The molecule has 0 aromatic heterocycles. The van der Waals surface area contributed by atoms with Gasteiger partial charge in [0, 0.05) is 33.6 Å². The van der Waals surface area contributed by atoms with Crippen molar-refractivity contribution in [1.29, 1.82) is 0 Å². The Balaban J connectivity index is 1.59. The highest BCUT2D eigenvalue weighted by molar-refractivity contribution is 6.37. The lowest BCUT2D eigenvalue weighted by Crippen LogP contribution is -2.55. The number of nitrogens with one attached hydrogen (secondary N) is 2. The van der Waals surface area contributed by atoms with Crippen LogP contribution in [-0.4, -0.2) is 35.1 Å². The van der Waals surface area contributed by atoms with Crippen LogP contribution in [0.2, 0.25) is 10.0 Å². The van der Waals surface area contributed by atoms with Gasteiger partial charge in [-0.05, 0) is 55.3 Å². The highest BCUT2D eigenvalue weighted by Crippen LogP contribution is 2.66. The van der Waals surface area contributed by atoms with Crippen LogP contribution in [0, 0.1) is 5.92 Å². The van der Waals surface area contributed by atoms with Gasteiger partial charge in [-0.2, -0.15) is 0 Å². The van der Waals surface area contributed by atoms with E-state index >= 15 is 0 Å². The number of para-hydroxylation sites is 2. The number of fused-ring (bicyclic) bond motifs is 7. The monoisotopic (exact) mass is 517 g/mol. The molecule has 36 heavy (non-hydrogen) atoms. The minimum Gasteiger partial charge on any atom is -0.325 e. The average Bonchev–Trinajstić information content (AvgIpc) is 3.58. The molecule has 2 amide bonds. The molecule has 4 aliphatic heterocycles. The van der Waals surface area contributed by atoms with Crippen molar-refractivity contribution < 1.29 is 14.4 Å². The number of ketones is 1. The molecule has 2 spiro atoms. The van der Waals surface area contributed by atoms with Gasteiger partial charge >= 0.3 is 0 Å². The zero-order valence-corrected chi connectivity index (χ0v) is 20.6. The van der Waals surface area contributed by atoms with Crippen LogP contribution in [0.4, 0.5) is 11.4 Å². The van der Waals surface area contributed by atoms with Crippen LogP contribution in [0.1, 0.15) is 34.3 Å². The molecule has 8 heteroatoms. The van der Waals surface area contributed by atoms with Gasteiger partial charge in [-0.15, -0.1) is 0 Å². The number of Topliss-reactive ketones (excluding diaryl/α,β-unsaturated/α-hetero) is 1. The predicted molar refractivity (Wildman–Crippen MR) is 138 cm³/mol. The number of rotatable bonds is 2. The third-order valence-electron chi connectivity index (χ3n) is 8.49. The normalized spacial score (nSPS) is 29.8. The molecule has 6 nitrogen and oxygen atoms in total. The van der Waals surface area contributed by atoms with Crippen molar-refractivity contribution >= 4 is 52.2 Å². The molecule has 2 saturated heterocycles. The van der Waals surface area contributed by atoms with Gasteiger partial charge in [0.25, 0.3) is 0 Å². The van der Waals surface area contributed by atoms with E-state index in [1.54, 1.807) is 12.1 Å². The van der Waals surface area contributed by atoms with Crippen LogP contribution in [-0.2, 0) is 20.5 Å². The largest absolute Gasteiger partial charge is 0.325 e. The highest BCUT2D eigenvalue weighted by Gasteiger charge is 2.78. The van der Waals surface area contributed by atoms with Crippen molar-refractivity contribution in [3.8, 4) is 0 Å². The maximum Gasteiger partial charge on any atom is 0.250 e. The number of nitrogens with zero attached hydrogens (tertiary/aromatic N) is 1. The second-order valence-corrected chi connectivity index (χ2v) is 10.8. The summed E-state index contributed by atoms with van der Waals surface area (Å²) in [5.41, 5.74) is 0.452. The molecule has 2 N–H and O–H groups in total. The average molecular weight is 518 g/mol. The number of hydrogen-bond donors (Lipinski definition) is 2. The molecule has 4 aliphatic rings. The van der Waals surface area contributed by atoms with Gasteiger partial charge in [-0.3, -0.25) is 19.3 Å². The topological polar surface area (TPSA) is 78.5 Å². The summed E-state index contributed by atoms with van der Waals surface area (Å²) in [7, 11) is 0. The van der Waals surface area contributed by atoms with Crippen molar-refractivity contribution in [2.45, 2.75) is 29.8 Å². The molecule has 0 saturated carbocycles. The Bertz CT molecular complexity index is 1430. The summed E-state index contributed by atoms with van der Waals surface area (Å²) < 4.78 is 0. The van der Waals surface area contributed by atoms with Crippen LogP contribution in [0.3, 0.4) is 0 Å². The third kappa shape index (κ3) is 2.45. The summed E-state index contributed by atoms with van der Waals surface area (Å²) in [6, 6.07) is 19.4. The second kappa shape index (κ2) is 7.42. The highest BCUT2D eigenvalue weighted by atomic mass is 35.5. The summed E-state index contributed by atoms with van der Waals surface area (Å²) in [4.78, 5) is 45.2. The molecular weight excluding hydrogens is 497 g/mol. The van der Waals surface area contributed by atoms with Crippen molar-refractivity contribution in [2.24, 2.45) is 5.92 Å². The van der Waals surface area contributed by atoms with E-state index < -0.39 is 16.9 Å². The van der Waals surface area contributed by atoms with Crippen molar-refractivity contribution in [3.05, 3.63) is 93.5 Å². The van der Waals surface area contributed by atoms with Gasteiger partial charge in [0.05, 0.1) is 10.9 Å². The Morgan fingerprint density at radius 3 is 2.31 bits per heavy atom. The van der Waals surface area contributed by atoms with E-state index in [9.17, 15) is 14.4 Å². The lowest BCUT2D eigenvalue weighted by atomic mass is 9.60. The minimum atomic E-state index is -1.35. The molecule has 0 bridgehead atoms. The lowest BCUT2D eigenvalue weighted by molar-refractivity contribution is -0.128. The molecule has 4 atom stereocenters. The SMILES string of the molecule is O=C(c1ccc(Cl)cc1Cl)[C@@H]1[C@]2(C(=O)Nc3ccccc32)[C@@H]2CCCN2[C@]12C(=O)Nc1ccccc12. The number of hydrogen-bond acceptors (Lipinski definition) is 4. The molecule has 0 radical (unpaired) electrons. The maximum atomic E-state index is 14.7. The molecule has 180 valence electrons. The van der Waals surface area contributed by atoms with E-state index in [0.717, 1.165) is 17.5 Å². The first-order valence-corrected chi connectivity index (χ1v) is 12.7. The quantitative estimate of drug-likeness (QED) is 0.468. The van der Waals surface area contributed by atoms with Gasteiger partial charge in [-0.25, -0.2) is 0 Å². The van der Waals surface area contributed by atoms with Crippen molar-refractivity contribution in [1.82, 2.24) is 4.90 Å². The minimum absolute atomic E-state index is 0.197. The molecule has 0 aliphatic carbocycles. The number of halogens is 2. The molecule has 4 heterocycles. The van der Waals surface area contributed by atoms with E-state index in [0.29, 0.717) is 29.4 Å². The Morgan fingerprint density at radius 1 is 0.889 bits per heavy atom. The van der Waals surface area contributed by atoms with Crippen molar-refractivity contribution in [2.75, 3.05) is 17.2 Å². The fourth-order valence-corrected chi connectivity index (χ4v) is 7.85. The molecule has 2 fully saturated rings.